The summed E-state index contributed by atoms with van der Waals surface area (Å²) in [5.41, 5.74) is 7.09. The Bertz CT molecular complexity index is 299. The van der Waals surface area contributed by atoms with Gasteiger partial charge in [0.1, 0.15) is 0 Å². The van der Waals surface area contributed by atoms with Crippen molar-refractivity contribution in [3.63, 3.8) is 0 Å². The van der Waals surface area contributed by atoms with Crippen molar-refractivity contribution in [3.8, 4) is 0 Å². The highest BCUT2D eigenvalue weighted by Gasteiger charge is 2.13. The normalized spacial score (nSPS) is 13.4. The molecule has 0 spiro atoms. The Hall–Kier alpha value is -0.0500. The van der Waals surface area contributed by atoms with E-state index >= 15 is 0 Å². The van der Waals surface area contributed by atoms with E-state index in [1.165, 1.54) is 0 Å². The van der Waals surface area contributed by atoms with Gasteiger partial charge in [0.05, 0.1) is 0 Å². The Labute approximate surface area is 92.4 Å². The molecule has 1 aromatic rings. The van der Waals surface area contributed by atoms with Gasteiger partial charge >= 0.3 is 0 Å². The first-order chi connectivity index (χ1) is 6.02. The Balaban J connectivity index is 3.05. The minimum absolute atomic E-state index is 0.0353. The molecular weight excluding hydrogens is 249 g/mol. The zero-order chi connectivity index (χ0) is 10.0. The van der Waals surface area contributed by atoms with Gasteiger partial charge in [0, 0.05) is 15.5 Å². The van der Waals surface area contributed by atoms with Gasteiger partial charge in [-0.25, -0.2) is 0 Å². The van der Waals surface area contributed by atoms with E-state index in [-0.39, 0.29) is 6.04 Å². The van der Waals surface area contributed by atoms with Crippen LogP contribution in [0.1, 0.15) is 25.5 Å². The fourth-order valence-corrected chi connectivity index (χ4v) is 1.82. The molecule has 0 saturated carbocycles. The van der Waals surface area contributed by atoms with Gasteiger partial charge in [-0.1, -0.05) is 41.4 Å². The Morgan fingerprint density at radius 2 is 2.00 bits per heavy atom. The highest BCUT2D eigenvalue weighted by atomic mass is 79.9. The molecule has 0 saturated heterocycles. The van der Waals surface area contributed by atoms with Crippen LogP contribution < -0.4 is 5.73 Å². The van der Waals surface area contributed by atoms with Crippen LogP contribution in [0.25, 0.3) is 0 Å². The molecule has 1 rings (SSSR count). The van der Waals surface area contributed by atoms with Gasteiger partial charge in [-0.15, -0.1) is 0 Å². The Morgan fingerprint density at radius 1 is 1.38 bits per heavy atom. The van der Waals surface area contributed by atoms with Crippen molar-refractivity contribution in [1.29, 1.82) is 0 Å². The molecule has 0 fully saturated rings. The Morgan fingerprint density at radius 3 is 2.54 bits per heavy atom. The third-order valence-electron chi connectivity index (χ3n) is 2.04. The summed E-state index contributed by atoms with van der Waals surface area (Å²) in [6.07, 6.45) is 0. The van der Waals surface area contributed by atoms with Gasteiger partial charge in [0.2, 0.25) is 0 Å². The first-order valence-corrected chi connectivity index (χ1v) is 5.40. The van der Waals surface area contributed by atoms with E-state index in [1.54, 1.807) is 0 Å². The summed E-state index contributed by atoms with van der Waals surface area (Å²) in [7, 11) is 0. The maximum atomic E-state index is 6.02. The molecule has 3 heteroatoms. The van der Waals surface area contributed by atoms with Crippen LogP contribution in [0.5, 0.6) is 0 Å². The van der Waals surface area contributed by atoms with E-state index in [2.05, 4.69) is 29.8 Å². The zero-order valence-electron chi connectivity index (χ0n) is 7.72. The molecule has 0 amide bonds. The first-order valence-electron chi connectivity index (χ1n) is 4.23. The van der Waals surface area contributed by atoms with E-state index in [4.69, 9.17) is 17.3 Å². The maximum Gasteiger partial charge on any atom is 0.0410 e. The number of nitrogens with two attached hydrogens (primary N) is 1. The smallest absolute Gasteiger partial charge is 0.0410 e. The lowest BCUT2D eigenvalue weighted by Gasteiger charge is -2.17. The van der Waals surface area contributed by atoms with Crippen molar-refractivity contribution in [1.82, 2.24) is 0 Å². The molecule has 0 radical (unpaired) electrons. The second kappa shape index (κ2) is 4.45. The molecule has 1 atom stereocenters. The van der Waals surface area contributed by atoms with Crippen LogP contribution in [0, 0.1) is 5.92 Å². The second-order valence-electron chi connectivity index (χ2n) is 3.44. The molecule has 2 N–H and O–H groups in total. The molecule has 0 aliphatic heterocycles. The largest absolute Gasteiger partial charge is 0.324 e. The van der Waals surface area contributed by atoms with E-state index in [0.29, 0.717) is 5.92 Å². The van der Waals surface area contributed by atoms with E-state index < -0.39 is 0 Å². The number of benzene rings is 1. The van der Waals surface area contributed by atoms with Gasteiger partial charge in [-0.3, -0.25) is 0 Å². The lowest BCUT2D eigenvalue weighted by Crippen LogP contribution is -2.17. The van der Waals surface area contributed by atoms with Crippen LogP contribution in [0.3, 0.4) is 0 Å². The zero-order valence-corrected chi connectivity index (χ0v) is 10.1. The van der Waals surface area contributed by atoms with Crippen molar-refractivity contribution in [2.24, 2.45) is 11.7 Å². The summed E-state index contributed by atoms with van der Waals surface area (Å²) in [4.78, 5) is 0. The van der Waals surface area contributed by atoms with E-state index in [9.17, 15) is 0 Å². The average Bonchev–Trinajstić information content (AvgIpc) is 2.08. The van der Waals surface area contributed by atoms with Crippen LogP contribution in [0.4, 0.5) is 0 Å². The van der Waals surface area contributed by atoms with Crippen LogP contribution in [0.2, 0.25) is 5.02 Å². The topological polar surface area (TPSA) is 26.0 Å². The molecule has 13 heavy (non-hydrogen) atoms. The third kappa shape index (κ3) is 2.70. The summed E-state index contributed by atoms with van der Waals surface area (Å²) in [5, 5.41) is 0.731. The SMILES string of the molecule is CC(C)[C@H](N)c1cc(Cl)ccc1Br. The predicted octanol–water partition coefficient (Wildman–Crippen LogP) is 3.76. The standard InChI is InChI=1S/C10H13BrClN/c1-6(2)10(13)8-5-7(12)3-4-9(8)11/h3-6,10H,13H2,1-2H3/t10-/m0/s1. The number of hydrogen-bond acceptors (Lipinski definition) is 1. The van der Waals surface area contributed by atoms with Crippen molar-refractivity contribution in [2.75, 3.05) is 0 Å². The highest BCUT2D eigenvalue weighted by molar-refractivity contribution is 9.10. The summed E-state index contributed by atoms with van der Waals surface area (Å²) >= 11 is 9.35. The van der Waals surface area contributed by atoms with Crippen molar-refractivity contribution >= 4 is 27.5 Å². The van der Waals surface area contributed by atoms with Crippen LogP contribution in [-0.2, 0) is 0 Å². The third-order valence-corrected chi connectivity index (χ3v) is 2.99. The van der Waals surface area contributed by atoms with Crippen molar-refractivity contribution < 1.29 is 0 Å². The predicted molar refractivity (Wildman–Crippen MR) is 60.9 cm³/mol. The van der Waals surface area contributed by atoms with Crippen molar-refractivity contribution in [3.05, 3.63) is 33.3 Å². The van der Waals surface area contributed by atoms with Gasteiger partial charge in [-0.05, 0) is 29.7 Å². The van der Waals surface area contributed by atoms with Crippen LogP contribution in [-0.4, -0.2) is 0 Å². The molecule has 1 aromatic carbocycles. The van der Waals surface area contributed by atoms with Crippen LogP contribution in [0.15, 0.2) is 22.7 Å². The minimum Gasteiger partial charge on any atom is -0.324 e. The fourth-order valence-electron chi connectivity index (χ4n) is 1.13. The molecule has 72 valence electrons. The quantitative estimate of drug-likeness (QED) is 0.863. The molecular formula is C10H13BrClN. The van der Waals surface area contributed by atoms with Gasteiger partial charge in [0.25, 0.3) is 0 Å². The lowest BCUT2D eigenvalue weighted by molar-refractivity contribution is 0.512. The van der Waals surface area contributed by atoms with Gasteiger partial charge in [-0.2, -0.15) is 0 Å². The van der Waals surface area contributed by atoms with E-state index in [1.807, 2.05) is 18.2 Å². The molecule has 0 aromatic heterocycles. The minimum atomic E-state index is 0.0353. The molecule has 0 aliphatic rings. The summed E-state index contributed by atoms with van der Waals surface area (Å²) in [5.74, 6) is 0.412. The van der Waals surface area contributed by atoms with Gasteiger partial charge < -0.3 is 5.73 Å². The summed E-state index contributed by atoms with van der Waals surface area (Å²) < 4.78 is 1.03. The van der Waals surface area contributed by atoms with Gasteiger partial charge in [0.15, 0.2) is 0 Å². The van der Waals surface area contributed by atoms with E-state index in [0.717, 1.165) is 15.1 Å². The molecule has 0 unspecified atom stereocenters. The fraction of sp³-hybridized carbons (Fsp3) is 0.400. The van der Waals surface area contributed by atoms with Crippen molar-refractivity contribution in [2.45, 2.75) is 19.9 Å². The Kier molecular flexibility index (Phi) is 3.77. The molecule has 0 heterocycles. The highest BCUT2D eigenvalue weighted by Crippen LogP contribution is 2.29. The summed E-state index contributed by atoms with van der Waals surface area (Å²) in [6.45, 7) is 4.19. The second-order valence-corrected chi connectivity index (χ2v) is 4.73. The average molecular weight is 263 g/mol. The number of halogens is 2. The first kappa shape index (κ1) is 11.0. The number of rotatable bonds is 2. The maximum absolute atomic E-state index is 6.02. The lowest BCUT2D eigenvalue weighted by atomic mass is 9.97. The molecule has 0 aliphatic carbocycles. The molecule has 1 nitrogen and oxygen atoms in total. The molecule has 0 bridgehead atoms. The number of hydrogen-bond donors (Lipinski definition) is 1. The summed E-state index contributed by atoms with van der Waals surface area (Å²) in [6, 6.07) is 5.73. The monoisotopic (exact) mass is 261 g/mol. The van der Waals surface area contributed by atoms with Crippen LogP contribution >= 0.6 is 27.5 Å².